The molecule has 0 unspecified atom stereocenters. The Bertz CT molecular complexity index is 862. The molecule has 0 radical (unpaired) electrons. The maximum absolute atomic E-state index is 12.9. The van der Waals surface area contributed by atoms with Crippen LogP contribution in [0, 0.1) is 5.82 Å². The second-order valence-corrected chi connectivity index (χ2v) is 6.20. The number of benzene rings is 2. The molecule has 0 aliphatic rings. The zero-order chi connectivity index (χ0) is 17.6. The highest BCUT2D eigenvalue weighted by Crippen LogP contribution is 2.27. The standard InChI is InChI=1S/C19H17FN2O2S/c1-2-21-18(23)17-12-25-19(22-17)14-4-3-5-16(10-14)24-11-13-6-8-15(20)9-7-13/h3-10,12H,2,11H2,1H3,(H,21,23). The molecule has 0 spiro atoms. The number of hydrogen-bond acceptors (Lipinski definition) is 4. The van der Waals surface area contributed by atoms with Gasteiger partial charge in [-0.2, -0.15) is 0 Å². The fraction of sp³-hybridized carbons (Fsp3) is 0.158. The van der Waals surface area contributed by atoms with Gasteiger partial charge in [-0.1, -0.05) is 24.3 Å². The summed E-state index contributed by atoms with van der Waals surface area (Å²) in [5.74, 6) is 0.253. The predicted octanol–water partition coefficient (Wildman–Crippen LogP) is 4.28. The van der Waals surface area contributed by atoms with Crippen LogP contribution in [0.1, 0.15) is 23.0 Å². The van der Waals surface area contributed by atoms with Gasteiger partial charge < -0.3 is 10.1 Å². The molecule has 1 heterocycles. The normalized spacial score (nSPS) is 10.5. The van der Waals surface area contributed by atoms with Crippen molar-refractivity contribution < 1.29 is 13.9 Å². The van der Waals surface area contributed by atoms with E-state index in [1.54, 1.807) is 17.5 Å². The summed E-state index contributed by atoms with van der Waals surface area (Å²) in [5, 5.41) is 5.23. The van der Waals surface area contributed by atoms with Gasteiger partial charge in [-0.25, -0.2) is 9.37 Å². The molecule has 128 valence electrons. The fourth-order valence-electron chi connectivity index (χ4n) is 2.23. The second-order valence-electron chi connectivity index (χ2n) is 5.34. The Kier molecular flexibility index (Phi) is 5.40. The summed E-state index contributed by atoms with van der Waals surface area (Å²) in [6, 6.07) is 13.7. The van der Waals surface area contributed by atoms with E-state index >= 15 is 0 Å². The lowest BCUT2D eigenvalue weighted by atomic mass is 10.2. The maximum atomic E-state index is 12.9. The number of hydrogen-bond donors (Lipinski definition) is 1. The van der Waals surface area contributed by atoms with Crippen LogP contribution in [0.25, 0.3) is 10.6 Å². The van der Waals surface area contributed by atoms with E-state index in [1.165, 1.54) is 23.5 Å². The van der Waals surface area contributed by atoms with Crippen LogP contribution in [0.4, 0.5) is 4.39 Å². The molecular formula is C19H17FN2O2S. The second kappa shape index (κ2) is 7.90. The molecule has 0 atom stereocenters. The van der Waals surface area contributed by atoms with Crippen molar-refractivity contribution in [2.75, 3.05) is 6.54 Å². The lowest BCUT2D eigenvalue weighted by molar-refractivity contribution is 0.0951. The van der Waals surface area contributed by atoms with Crippen molar-refractivity contribution in [2.45, 2.75) is 13.5 Å². The number of halogens is 1. The molecule has 1 N–H and O–H groups in total. The average Bonchev–Trinajstić information content (AvgIpc) is 3.12. The van der Waals surface area contributed by atoms with Gasteiger partial charge in [-0.15, -0.1) is 11.3 Å². The van der Waals surface area contributed by atoms with E-state index in [0.29, 0.717) is 24.6 Å². The quantitative estimate of drug-likeness (QED) is 0.717. The monoisotopic (exact) mass is 356 g/mol. The summed E-state index contributed by atoms with van der Waals surface area (Å²) in [5.41, 5.74) is 2.19. The van der Waals surface area contributed by atoms with Gasteiger partial charge in [0, 0.05) is 17.5 Å². The largest absolute Gasteiger partial charge is 0.489 e. The highest BCUT2D eigenvalue weighted by Gasteiger charge is 2.11. The summed E-state index contributed by atoms with van der Waals surface area (Å²) in [4.78, 5) is 16.2. The highest BCUT2D eigenvalue weighted by atomic mass is 32.1. The maximum Gasteiger partial charge on any atom is 0.270 e. The smallest absolute Gasteiger partial charge is 0.270 e. The van der Waals surface area contributed by atoms with Crippen molar-refractivity contribution >= 4 is 17.2 Å². The minimum Gasteiger partial charge on any atom is -0.489 e. The topological polar surface area (TPSA) is 51.2 Å². The summed E-state index contributed by atoms with van der Waals surface area (Å²) in [6.45, 7) is 2.79. The highest BCUT2D eigenvalue weighted by molar-refractivity contribution is 7.13. The van der Waals surface area contributed by atoms with Gasteiger partial charge in [-0.05, 0) is 36.8 Å². The van der Waals surface area contributed by atoms with Crippen molar-refractivity contribution in [2.24, 2.45) is 0 Å². The molecule has 0 bridgehead atoms. The Morgan fingerprint density at radius 2 is 2.04 bits per heavy atom. The number of rotatable bonds is 6. The van der Waals surface area contributed by atoms with E-state index < -0.39 is 0 Å². The van der Waals surface area contributed by atoms with E-state index in [2.05, 4.69) is 10.3 Å². The Balaban J connectivity index is 1.71. The predicted molar refractivity (Wildman–Crippen MR) is 96.3 cm³/mol. The third-order valence-electron chi connectivity index (χ3n) is 3.47. The number of ether oxygens (including phenoxy) is 1. The van der Waals surface area contributed by atoms with Crippen LogP contribution in [-0.4, -0.2) is 17.4 Å². The van der Waals surface area contributed by atoms with Crippen molar-refractivity contribution in [3.63, 3.8) is 0 Å². The summed E-state index contributed by atoms with van der Waals surface area (Å²) < 4.78 is 18.7. The minimum atomic E-state index is -0.266. The molecule has 0 aliphatic heterocycles. The van der Waals surface area contributed by atoms with Gasteiger partial charge in [0.15, 0.2) is 0 Å². The summed E-state index contributed by atoms with van der Waals surface area (Å²) in [7, 11) is 0. The minimum absolute atomic E-state index is 0.172. The van der Waals surface area contributed by atoms with Crippen molar-refractivity contribution in [3.8, 4) is 16.3 Å². The van der Waals surface area contributed by atoms with Crippen LogP contribution >= 0.6 is 11.3 Å². The Morgan fingerprint density at radius 3 is 2.80 bits per heavy atom. The first-order chi connectivity index (χ1) is 12.2. The summed E-state index contributed by atoms with van der Waals surface area (Å²) in [6.07, 6.45) is 0. The zero-order valence-electron chi connectivity index (χ0n) is 13.7. The molecule has 0 saturated heterocycles. The van der Waals surface area contributed by atoms with Gasteiger partial charge in [0.05, 0.1) is 0 Å². The van der Waals surface area contributed by atoms with Crippen LogP contribution in [-0.2, 0) is 6.61 Å². The van der Waals surface area contributed by atoms with E-state index in [4.69, 9.17) is 4.74 Å². The van der Waals surface area contributed by atoms with Gasteiger partial charge in [-0.3, -0.25) is 4.79 Å². The van der Waals surface area contributed by atoms with E-state index in [0.717, 1.165) is 16.1 Å². The first kappa shape index (κ1) is 17.1. The number of carbonyl (C=O) groups excluding carboxylic acids is 1. The molecule has 4 nitrogen and oxygen atoms in total. The number of carbonyl (C=O) groups is 1. The summed E-state index contributed by atoms with van der Waals surface area (Å²) >= 11 is 1.41. The zero-order valence-corrected chi connectivity index (χ0v) is 14.5. The molecule has 3 aromatic rings. The number of nitrogens with one attached hydrogen (secondary N) is 1. The lowest BCUT2D eigenvalue weighted by Gasteiger charge is -2.07. The molecule has 0 fully saturated rings. The van der Waals surface area contributed by atoms with Crippen LogP contribution in [0.2, 0.25) is 0 Å². The van der Waals surface area contributed by atoms with Gasteiger partial charge in [0.1, 0.15) is 28.9 Å². The fourth-order valence-corrected chi connectivity index (χ4v) is 3.03. The number of amides is 1. The molecule has 2 aromatic carbocycles. The van der Waals surface area contributed by atoms with E-state index in [9.17, 15) is 9.18 Å². The number of nitrogens with zero attached hydrogens (tertiary/aromatic N) is 1. The number of aromatic nitrogens is 1. The molecule has 6 heteroatoms. The van der Waals surface area contributed by atoms with Gasteiger partial charge in [0.2, 0.25) is 0 Å². The molecule has 3 rings (SSSR count). The van der Waals surface area contributed by atoms with Crippen molar-refractivity contribution in [3.05, 3.63) is 71.0 Å². The molecule has 0 aliphatic carbocycles. The molecular weight excluding hydrogens is 339 g/mol. The molecule has 1 aromatic heterocycles. The first-order valence-electron chi connectivity index (χ1n) is 7.87. The van der Waals surface area contributed by atoms with Crippen LogP contribution in [0.5, 0.6) is 5.75 Å². The van der Waals surface area contributed by atoms with E-state index in [1.807, 2.05) is 31.2 Å². The van der Waals surface area contributed by atoms with Gasteiger partial charge >= 0.3 is 0 Å². The SMILES string of the molecule is CCNC(=O)c1csc(-c2cccc(OCc3ccc(F)cc3)c2)n1. The van der Waals surface area contributed by atoms with Crippen molar-refractivity contribution in [1.29, 1.82) is 0 Å². The molecule has 0 saturated carbocycles. The van der Waals surface area contributed by atoms with Crippen LogP contribution in [0.15, 0.2) is 53.9 Å². The average molecular weight is 356 g/mol. The van der Waals surface area contributed by atoms with Crippen molar-refractivity contribution in [1.82, 2.24) is 10.3 Å². The lowest BCUT2D eigenvalue weighted by Crippen LogP contribution is -2.22. The van der Waals surface area contributed by atoms with E-state index in [-0.39, 0.29) is 11.7 Å². The Hall–Kier alpha value is -2.73. The number of thiazole rings is 1. The van der Waals surface area contributed by atoms with Crippen LogP contribution < -0.4 is 10.1 Å². The molecule has 25 heavy (non-hydrogen) atoms. The van der Waals surface area contributed by atoms with Gasteiger partial charge in [0.25, 0.3) is 5.91 Å². The first-order valence-corrected chi connectivity index (χ1v) is 8.75. The third kappa shape index (κ3) is 4.42. The third-order valence-corrected chi connectivity index (χ3v) is 4.37. The Morgan fingerprint density at radius 1 is 1.24 bits per heavy atom. The Labute approximate surface area is 149 Å². The molecule has 1 amide bonds. The van der Waals surface area contributed by atoms with Crippen LogP contribution in [0.3, 0.4) is 0 Å².